The van der Waals surface area contributed by atoms with Crippen molar-refractivity contribution in [2.75, 3.05) is 6.61 Å². The Morgan fingerprint density at radius 2 is 1.90 bits per heavy atom. The normalized spacial score (nSPS) is 12.1. The summed E-state index contributed by atoms with van der Waals surface area (Å²) >= 11 is 0. The van der Waals surface area contributed by atoms with Crippen molar-refractivity contribution in [1.29, 1.82) is 0 Å². The average molecular weight is 392 g/mol. The third-order valence-electron chi connectivity index (χ3n) is 4.50. The largest absolute Gasteiger partial charge is 0.494 e. The molecule has 0 N–H and O–H groups in total. The number of rotatable bonds is 6. The number of hydrogen-bond donors (Lipinski definition) is 0. The third kappa shape index (κ3) is 3.71. The van der Waals surface area contributed by atoms with Gasteiger partial charge in [-0.2, -0.15) is 0 Å². The zero-order chi connectivity index (χ0) is 20.4. The predicted octanol–water partition coefficient (Wildman–Crippen LogP) is 5.11. The van der Waals surface area contributed by atoms with Crippen LogP contribution in [0.4, 0.5) is 0 Å². The highest BCUT2D eigenvalue weighted by molar-refractivity contribution is 5.96. The maximum absolute atomic E-state index is 12.7. The minimum Gasteiger partial charge on any atom is -0.494 e. The molecular formula is C22H20N2O5. The molecule has 0 amide bonds. The number of benzene rings is 2. The van der Waals surface area contributed by atoms with E-state index in [0.717, 1.165) is 16.7 Å². The first kappa shape index (κ1) is 18.7. The second-order valence-electron chi connectivity index (χ2n) is 6.51. The minimum atomic E-state index is -0.723. The van der Waals surface area contributed by atoms with E-state index in [4.69, 9.17) is 18.3 Å². The molecule has 0 bridgehead atoms. The zero-order valence-corrected chi connectivity index (χ0v) is 16.3. The first-order valence-corrected chi connectivity index (χ1v) is 9.32. The van der Waals surface area contributed by atoms with E-state index in [2.05, 4.69) is 10.2 Å². The Hall–Kier alpha value is -3.61. The van der Waals surface area contributed by atoms with Crippen molar-refractivity contribution in [3.8, 4) is 17.2 Å². The van der Waals surface area contributed by atoms with Crippen molar-refractivity contribution in [3.63, 3.8) is 0 Å². The van der Waals surface area contributed by atoms with Gasteiger partial charge >= 0.3 is 5.97 Å². The van der Waals surface area contributed by atoms with Crippen LogP contribution in [0, 0.1) is 6.92 Å². The fraction of sp³-hybridized carbons (Fsp3) is 0.227. The summed E-state index contributed by atoms with van der Waals surface area (Å²) in [5.74, 6) is 0.847. The van der Waals surface area contributed by atoms with Gasteiger partial charge in [0.15, 0.2) is 6.10 Å². The highest BCUT2D eigenvalue weighted by Crippen LogP contribution is 2.30. The van der Waals surface area contributed by atoms with Gasteiger partial charge in [-0.25, -0.2) is 4.79 Å². The smallest absolute Gasteiger partial charge is 0.375 e. The van der Waals surface area contributed by atoms with Crippen LogP contribution in [0.5, 0.6) is 5.75 Å². The number of aryl methyl sites for hydroxylation is 1. The molecule has 0 saturated carbocycles. The van der Waals surface area contributed by atoms with E-state index in [1.54, 1.807) is 19.1 Å². The molecule has 29 heavy (non-hydrogen) atoms. The Balaban J connectivity index is 1.53. The van der Waals surface area contributed by atoms with E-state index in [1.807, 2.05) is 50.2 Å². The van der Waals surface area contributed by atoms with Crippen LogP contribution in [0.2, 0.25) is 0 Å². The molecule has 0 radical (unpaired) electrons. The Morgan fingerprint density at radius 3 is 2.66 bits per heavy atom. The lowest BCUT2D eigenvalue weighted by Gasteiger charge is -2.08. The molecule has 0 unspecified atom stereocenters. The summed E-state index contributed by atoms with van der Waals surface area (Å²) < 4.78 is 22.4. The summed E-state index contributed by atoms with van der Waals surface area (Å²) in [4.78, 5) is 12.7. The maximum atomic E-state index is 12.7. The summed E-state index contributed by atoms with van der Waals surface area (Å²) in [5.41, 5.74) is 2.08. The Labute approximate surface area is 167 Å². The second-order valence-corrected chi connectivity index (χ2v) is 6.51. The highest BCUT2D eigenvalue weighted by atomic mass is 16.6. The van der Waals surface area contributed by atoms with Crippen LogP contribution in [-0.2, 0) is 4.74 Å². The number of nitrogens with zero attached hydrogens (tertiary/aromatic N) is 2. The standard InChI is InChI=1S/C22H20N2O5/c1-4-26-16-10-11-18-17(12-16)13(2)19(28-18)22(25)27-14(3)20-23-24-21(29-20)15-8-6-5-7-9-15/h5-12,14H,4H2,1-3H3/t14-/m0/s1. The van der Waals surface area contributed by atoms with E-state index >= 15 is 0 Å². The molecule has 0 fully saturated rings. The van der Waals surface area contributed by atoms with Crippen molar-refractivity contribution in [2.24, 2.45) is 0 Å². The predicted molar refractivity (Wildman–Crippen MR) is 106 cm³/mol. The fourth-order valence-electron chi connectivity index (χ4n) is 3.01. The van der Waals surface area contributed by atoms with Crippen LogP contribution >= 0.6 is 0 Å². The van der Waals surface area contributed by atoms with Crippen molar-refractivity contribution in [2.45, 2.75) is 26.9 Å². The third-order valence-corrected chi connectivity index (χ3v) is 4.50. The molecule has 7 heteroatoms. The minimum absolute atomic E-state index is 0.142. The molecular weight excluding hydrogens is 372 g/mol. The Morgan fingerprint density at radius 1 is 1.10 bits per heavy atom. The maximum Gasteiger partial charge on any atom is 0.375 e. The Bertz CT molecular complexity index is 1150. The monoisotopic (exact) mass is 392 g/mol. The molecule has 0 aliphatic heterocycles. The van der Waals surface area contributed by atoms with Crippen LogP contribution in [0.15, 0.2) is 57.4 Å². The van der Waals surface area contributed by atoms with Gasteiger partial charge in [-0.15, -0.1) is 10.2 Å². The molecule has 1 atom stereocenters. The van der Waals surface area contributed by atoms with Gasteiger partial charge in [-0.05, 0) is 51.1 Å². The molecule has 4 aromatic rings. The van der Waals surface area contributed by atoms with E-state index in [0.29, 0.717) is 23.6 Å². The average Bonchev–Trinajstić information content (AvgIpc) is 3.35. The molecule has 0 aliphatic carbocycles. The first-order chi connectivity index (χ1) is 14.1. The molecule has 0 saturated heterocycles. The highest BCUT2D eigenvalue weighted by Gasteiger charge is 2.24. The molecule has 2 aromatic heterocycles. The lowest BCUT2D eigenvalue weighted by Crippen LogP contribution is -2.09. The van der Waals surface area contributed by atoms with Crippen LogP contribution in [0.1, 0.15) is 42.0 Å². The zero-order valence-electron chi connectivity index (χ0n) is 16.3. The van der Waals surface area contributed by atoms with Gasteiger partial charge in [0.1, 0.15) is 11.3 Å². The van der Waals surface area contributed by atoms with Crippen LogP contribution in [-0.4, -0.2) is 22.8 Å². The number of hydrogen-bond acceptors (Lipinski definition) is 7. The molecule has 4 rings (SSSR count). The summed E-state index contributed by atoms with van der Waals surface area (Å²) in [7, 11) is 0. The van der Waals surface area contributed by atoms with Crippen molar-refractivity contribution >= 4 is 16.9 Å². The van der Waals surface area contributed by atoms with Crippen molar-refractivity contribution < 1.29 is 23.1 Å². The van der Waals surface area contributed by atoms with Gasteiger partial charge in [0.2, 0.25) is 11.7 Å². The van der Waals surface area contributed by atoms with Crippen LogP contribution in [0.25, 0.3) is 22.4 Å². The summed E-state index contributed by atoms with van der Waals surface area (Å²) in [6.45, 7) is 5.95. The Kier molecular flexibility index (Phi) is 5.03. The lowest BCUT2D eigenvalue weighted by molar-refractivity contribution is 0.0245. The topological polar surface area (TPSA) is 87.6 Å². The summed E-state index contributed by atoms with van der Waals surface area (Å²) in [6, 6.07) is 14.8. The van der Waals surface area contributed by atoms with E-state index in [9.17, 15) is 4.79 Å². The number of carbonyl (C=O) groups excluding carboxylic acids is 1. The lowest BCUT2D eigenvalue weighted by atomic mass is 10.1. The molecule has 2 heterocycles. The van der Waals surface area contributed by atoms with Gasteiger partial charge in [-0.1, -0.05) is 18.2 Å². The molecule has 0 spiro atoms. The molecule has 148 valence electrons. The van der Waals surface area contributed by atoms with Gasteiger partial charge in [0.05, 0.1) is 6.61 Å². The van der Waals surface area contributed by atoms with Gasteiger partial charge in [-0.3, -0.25) is 0 Å². The fourth-order valence-corrected chi connectivity index (χ4v) is 3.01. The van der Waals surface area contributed by atoms with Gasteiger partial charge in [0.25, 0.3) is 5.89 Å². The number of aromatic nitrogens is 2. The van der Waals surface area contributed by atoms with Crippen molar-refractivity contribution in [3.05, 3.63) is 65.7 Å². The number of ether oxygens (including phenoxy) is 2. The van der Waals surface area contributed by atoms with Crippen LogP contribution < -0.4 is 4.74 Å². The van der Waals surface area contributed by atoms with E-state index in [-0.39, 0.29) is 11.7 Å². The van der Waals surface area contributed by atoms with Crippen LogP contribution in [0.3, 0.4) is 0 Å². The van der Waals surface area contributed by atoms with Gasteiger partial charge < -0.3 is 18.3 Å². The van der Waals surface area contributed by atoms with Crippen molar-refractivity contribution in [1.82, 2.24) is 10.2 Å². The second kappa shape index (κ2) is 7.79. The SMILES string of the molecule is CCOc1ccc2oc(C(=O)O[C@@H](C)c3nnc(-c4ccccc4)o3)c(C)c2c1. The summed E-state index contributed by atoms with van der Waals surface area (Å²) in [5, 5.41) is 8.82. The number of fused-ring (bicyclic) bond motifs is 1. The number of furan rings is 1. The van der Waals surface area contributed by atoms with E-state index in [1.165, 1.54) is 0 Å². The molecule has 0 aliphatic rings. The van der Waals surface area contributed by atoms with E-state index < -0.39 is 12.1 Å². The molecule has 2 aromatic carbocycles. The number of esters is 1. The summed E-state index contributed by atoms with van der Waals surface area (Å²) in [6.07, 6.45) is -0.723. The molecule has 7 nitrogen and oxygen atoms in total. The first-order valence-electron chi connectivity index (χ1n) is 9.32. The number of carbonyl (C=O) groups is 1. The quantitative estimate of drug-likeness (QED) is 0.421. The van der Waals surface area contributed by atoms with Gasteiger partial charge in [0, 0.05) is 16.5 Å².